The quantitative estimate of drug-likeness (QED) is 0.299. The molecule has 0 saturated heterocycles. The van der Waals surface area contributed by atoms with Crippen molar-refractivity contribution >= 4 is 34.9 Å². The molecule has 0 bridgehead atoms. The van der Waals surface area contributed by atoms with Crippen LogP contribution in [-0.2, 0) is 14.3 Å². The molecule has 0 aliphatic heterocycles. The summed E-state index contributed by atoms with van der Waals surface area (Å²) < 4.78 is 47.6. The summed E-state index contributed by atoms with van der Waals surface area (Å²) in [7, 11) is -3.93. The van der Waals surface area contributed by atoms with Gasteiger partial charge in [-0.3, -0.25) is 0 Å². The van der Waals surface area contributed by atoms with Gasteiger partial charge in [0, 0.05) is 0 Å². The van der Waals surface area contributed by atoms with E-state index in [4.69, 9.17) is 4.74 Å². The number of carbonyl (C=O) groups excluding carboxylic acids is 2. The molecule has 3 nitrogen and oxygen atoms in total. The van der Waals surface area contributed by atoms with Crippen molar-refractivity contribution < 1.29 is 27.5 Å². The molecular weight excluding hydrogens is 448 g/mol. The SMILES string of the molecule is CC(C)(C)OC(=O)C(C(=O)C(F)(F)F)[PH](c1ccccc1)(c1ccccc1)c1ccccc1. The molecule has 174 valence electrons. The molecule has 0 fully saturated rings. The van der Waals surface area contributed by atoms with Gasteiger partial charge in [0.1, 0.15) is 0 Å². The van der Waals surface area contributed by atoms with Crippen molar-refractivity contribution in [1.82, 2.24) is 0 Å². The maximum atomic E-state index is 14.0. The predicted molar refractivity (Wildman–Crippen MR) is 127 cm³/mol. The van der Waals surface area contributed by atoms with Crippen LogP contribution in [-0.4, -0.2) is 29.2 Å². The van der Waals surface area contributed by atoms with Crippen LogP contribution in [0.15, 0.2) is 91.0 Å². The van der Waals surface area contributed by atoms with Crippen molar-refractivity contribution in [2.75, 3.05) is 0 Å². The number of Topliss-reactive ketones (excluding diaryl/α,β-unsaturated/α-hetero) is 1. The number of hydrogen-bond acceptors (Lipinski definition) is 3. The van der Waals surface area contributed by atoms with Crippen LogP contribution < -0.4 is 15.9 Å². The van der Waals surface area contributed by atoms with E-state index in [9.17, 15) is 22.8 Å². The summed E-state index contributed by atoms with van der Waals surface area (Å²) in [6.45, 7) is 4.70. The molecule has 0 aromatic heterocycles. The minimum atomic E-state index is -5.22. The van der Waals surface area contributed by atoms with Crippen LogP contribution in [0.3, 0.4) is 0 Å². The second kappa shape index (κ2) is 9.48. The Balaban J connectivity index is 2.48. The van der Waals surface area contributed by atoms with Crippen molar-refractivity contribution in [1.29, 1.82) is 0 Å². The number of esters is 1. The maximum absolute atomic E-state index is 14.0. The van der Waals surface area contributed by atoms with Crippen molar-refractivity contribution in [3.8, 4) is 0 Å². The summed E-state index contributed by atoms with van der Waals surface area (Å²) in [5.41, 5.74) is -3.14. The monoisotopic (exact) mass is 474 g/mol. The average Bonchev–Trinajstić information content (AvgIpc) is 2.77. The van der Waals surface area contributed by atoms with Crippen LogP contribution in [0.4, 0.5) is 13.2 Å². The molecule has 0 radical (unpaired) electrons. The second-order valence-corrected chi connectivity index (χ2v) is 12.7. The van der Waals surface area contributed by atoms with Crippen LogP contribution >= 0.6 is 7.26 Å². The van der Waals surface area contributed by atoms with Gasteiger partial charge < -0.3 is 0 Å². The van der Waals surface area contributed by atoms with Crippen LogP contribution in [0.5, 0.6) is 0 Å². The van der Waals surface area contributed by atoms with Gasteiger partial charge in [0.15, 0.2) is 0 Å². The van der Waals surface area contributed by atoms with Crippen LogP contribution in [0.1, 0.15) is 20.8 Å². The zero-order valence-electron chi connectivity index (χ0n) is 18.6. The van der Waals surface area contributed by atoms with Crippen LogP contribution in [0.25, 0.3) is 0 Å². The van der Waals surface area contributed by atoms with E-state index >= 15 is 0 Å². The van der Waals surface area contributed by atoms with Gasteiger partial charge in [0.2, 0.25) is 0 Å². The van der Waals surface area contributed by atoms with Gasteiger partial charge >= 0.3 is 192 Å². The number of carbonyl (C=O) groups is 2. The molecule has 0 amide bonds. The van der Waals surface area contributed by atoms with Crippen molar-refractivity contribution in [2.45, 2.75) is 38.2 Å². The Bertz CT molecular complexity index is 996. The van der Waals surface area contributed by atoms with Gasteiger partial charge in [-0.15, -0.1) is 0 Å². The van der Waals surface area contributed by atoms with Gasteiger partial charge in [-0.2, -0.15) is 0 Å². The molecule has 3 aromatic rings. The topological polar surface area (TPSA) is 43.4 Å². The Morgan fingerprint density at radius 3 is 1.30 bits per heavy atom. The van der Waals surface area contributed by atoms with E-state index < -0.39 is 36.5 Å². The molecule has 0 N–H and O–H groups in total. The average molecular weight is 474 g/mol. The number of hydrogen-bond donors (Lipinski definition) is 0. The van der Waals surface area contributed by atoms with Crippen molar-refractivity contribution in [2.24, 2.45) is 0 Å². The number of rotatable bonds is 6. The molecule has 0 spiro atoms. The Hall–Kier alpha value is -2.98. The molecule has 0 aliphatic carbocycles. The minimum absolute atomic E-state index is 0.510. The third-order valence-electron chi connectivity index (χ3n) is 5.30. The normalized spacial score (nSPS) is 13.8. The molecule has 0 saturated carbocycles. The zero-order valence-corrected chi connectivity index (χ0v) is 19.6. The number of alkyl halides is 3. The summed E-state index contributed by atoms with van der Waals surface area (Å²) in [6, 6.07) is 25.6. The summed E-state index contributed by atoms with van der Waals surface area (Å²) in [5, 5.41) is 1.53. The third kappa shape index (κ3) is 5.17. The van der Waals surface area contributed by atoms with Gasteiger partial charge in [-0.1, -0.05) is 0 Å². The Morgan fingerprint density at radius 2 is 1.03 bits per heavy atom. The first kappa shape index (κ1) is 24.7. The molecule has 0 heterocycles. The van der Waals surface area contributed by atoms with E-state index in [2.05, 4.69) is 0 Å². The number of ether oxygens (including phenoxy) is 1. The summed E-state index contributed by atoms with van der Waals surface area (Å²) in [5.74, 6) is -3.27. The first-order valence-electron chi connectivity index (χ1n) is 10.5. The van der Waals surface area contributed by atoms with Crippen molar-refractivity contribution in [3.05, 3.63) is 91.0 Å². The standard InChI is InChI=1S/C26H26F3O3P/c1-25(2,3)32-24(31)22(23(30)26(27,28)29)33(19-13-7-4-8-14-19,20-15-9-5-10-16-20)21-17-11-6-12-18-21/h4-18,22,33H,1-3H3. The second-order valence-electron chi connectivity index (χ2n) is 8.73. The summed E-state index contributed by atoms with van der Waals surface area (Å²) >= 11 is 0. The van der Waals surface area contributed by atoms with E-state index in [-0.39, 0.29) is 0 Å². The number of halogens is 3. The summed E-state index contributed by atoms with van der Waals surface area (Å²) in [6.07, 6.45) is -5.22. The van der Waals surface area contributed by atoms with E-state index in [1.807, 2.05) is 0 Å². The third-order valence-corrected chi connectivity index (χ3v) is 10.4. The van der Waals surface area contributed by atoms with Crippen LogP contribution in [0, 0.1) is 0 Å². The number of ketones is 1. The molecule has 0 aliphatic rings. The summed E-state index contributed by atoms with van der Waals surface area (Å²) in [4.78, 5) is 26.6. The van der Waals surface area contributed by atoms with Gasteiger partial charge in [0.05, 0.1) is 0 Å². The fourth-order valence-corrected chi connectivity index (χ4v) is 9.23. The van der Waals surface area contributed by atoms with E-state index in [1.165, 1.54) is 0 Å². The van der Waals surface area contributed by atoms with E-state index in [1.54, 1.807) is 112 Å². The Labute approximate surface area is 191 Å². The van der Waals surface area contributed by atoms with Crippen LogP contribution in [0.2, 0.25) is 0 Å². The Morgan fingerprint density at radius 1 is 0.697 bits per heavy atom. The molecule has 3 aromatic carbocycles. The Kier molecular flexibility index (Phi) is 7.08. The van der Waals surface area contributed by atoms with Crippen molar-refractivity contribution in [3.63, 3.8) is 0 Å². The zero-order chi connectivity index (χ0) is 24.3. The first-order chi connectivity index (χ1) is 15.5. The van der Waals surface area contributed by atoms with Gasteiger partial charge in [-0.05, 0) is 0 Å². The molecule has 7 heteroatoms. The van der Waals surface area contributed by atoms with Gasteiger partial charge in [0.25, 0.3) is 0 Å². The fraction of sp³-hybridized carbons (Fsp3) is 0.231. The molecule has 3 rings (SSSR count). The van der Waals surface area contributed by atoms with E-state index in [0.29, 0.717) is 15.9 Å². The molecular formula is C26H26F3O3P. The molecule has 1 unspecified atom stereocenters. The van der Waals surface area contributed by atoms with E-state index in [0.717, 1.165) is 0 Å². The predicted octanol–water partition coefficient (Wildman–Crippen LogP) is 4.55. The van der Waals surface area contributed by atoms with Gasteiger partial charge in [-0.25, -0.2) is 0 Å². The fourth-order valence-electron chi connectivity index (χ4n) is 4.11. The molecule has 33 heavy (non-hydrogen) atoms. The first-order valence-corrected chi connectivity index (χ1v) is 12.6. The number of benzene rings is 3. The molecule has 1 atom stereocenters.